The summed E-state index contributed by atoms with van der Waals surface area (Å²) < 4.78 is 6.98. The molecule has 11 nitrogen and oxygen atoms in total. The normalized spacial score (nSPS) is 14.0. The van der Waals surface area contributed by atoms with Gasteiger partial charge < -0.3 is 14.5 Å². The molecule has 0 bridgehead atoms. The summed E-state index contributed by atoms with van der Waals surface area (Å²) in [6.07, 6.45) is 2.33. The van der Waals surface area contributed by atoms with Crippen molar-refractivity contribution in [3.8, 4) is 5.75 Å². The summed E-state index contributed by atoms with van der Waals surface area (Å²) in [6.45, 7) is 11.0. The fraction of sp³-hybridized carbons (Fsp3) is 0.458. The van der Waals surface area contributed by atoms with Gasteiger partial charge in [-0.05, 0) is 56.7 Å². The number of carbonyl (C=O) groups excluding carboxylic acids is 1. The number of likely N-dealkylation sites (tertiary alicyclic amines) is 1. The summed E-state index contributed by atoms with van der Waals surface area (Å²) in [5, 5.41) is 10.7. The Morgan fingerprint density at radius 1 is 1.14 bits per heavy atom. The van der Waals surface area contributed by atoms with Crippen LogP contribution in [0.2, 0.25) is 0 Å². The molecular weight excluding hydrogens is 452 g/mol. The molecule has 0 spiro atoms. The molecule has 1 aliphatic rings. The number of nitro benzene ring substituents is 1. The summed E-state index contributed by atoms with van der Waals surface area (Å²) in [5.41, 5.74) is 1.02. The number of aromatic nitrogens is 3. The Balaban J connectivity index is 0.000000429. The first-order valence-corrected chi connectivity index (χ1v) is 11.9. The minimum Gasteiger partial charge on any atom is -0.410 e. The Labute approximate surface area is 203 Å². The molecule has 0 radical (unpaired) electrons. The number of carbonyl (C=O) groups is 1. The van der Waals surface area contributed by atoms with E-state index in [1.807, 2.05) is 6.07 Å². The number of imidazole rings is 1. The molecule has 0 atom stereocenters. The molecule has 11 heteroatoms. The van der Waals surface area contributed by atoms with Crippen molar-refractivity contribution in [2.75, 3.05) is 32.7 Å². The number of ether oxygens (including phenoxy) is 1. The summed E-state index contributed by atoms with van der Waals surface area (Å²) >= 11 is 0. The van der Waals surface area contributed by atoms with Gasteiger partial charge in [0.05, 0.1) is 10.4 Å². The van der Waals surface area contributed by atoms with Crippen LogP contribution in [0.5, 0.6) is 5.75 Å². The summed E-state index contributed by atoms with van der Waals surface area (Å²) in [6, 6.07) is 8.94. The monoisotopic (exact) mass is 484 g/mol. The van der Waals surface area contributed by atoms with Crippen molar-refractivity contribution >= 4 is 22.9 Å². The molecule has 188 valence electrons. The minimum absolute atomic E-state index is 0.0334. The molecule has 4 rings (SSSR count). The molecule has 35 heavy (non-hydrogen) atoms. The first kappa shape index (κ1) is 25.9. The lowest BCUT2D eigenvalue weighted by Gasteiger charge is -2.31. The molecule has 1 amide bonds. The molecule has 0 unspecified atom stereocenters. The maximum atomic E-state index is 12.3. The highest BCUT2D eigenvalue weighted by Crippen LogP contribution is 2.25. The Kier molecular flexibility index (Phi) is 8.96. The van der Waals surface area contributed by atoms with Gasteiger partial charge in [0.1, 0.15) is 5.75 Å². The third kappa shape index (κ3) is 6.44. The van der Waals surface area contributed by atoms with Crippen molar-refractivity contribution < 1.29 is 14.5 Å². The van der Waals surface area contributed by atoms with Crippen LogP contribution in [0.15, 0.2) is 47.4 Å². The minimum atomic E-state index is -0.515. The van der Waals surface area contributed by atoms with Gasteiger partial charge in [0.2, 0.25) is 0 Å². The predicted molar refractivity (Wildman–Crippen MR) is 133 cm³/mol. The molecule has 3 aromatic rings. The molecule has 0 aliphatic carbocycles. The van der Waals surface area contributed by atoms with Gasteiger partial charge in [-0.25, -0.2) is 14.6 Å². The molecule has 1 aromatic carbocycles. The zero-order valence-corrected chi connectivity index (χ0v) is 20.3. The Morgan fingerprint density at radius 3 is 2.31 bits per heavy atom. The third-order valence-electron chi connectivity index (χ3n) is 6.17. The van der Waals surface area contributed by atoms with Crippen molar-refractivity contribution in [2.24, 2.45) is 0 Å². The average molecular weight is 485 g/mol. The zero-order chi connectivity index (χ0) is 25.4. The van der Waals surface area contributed by atoms with E-state index in [1.54, 1.807) is 21.7 Å². The standard InChI is InChI=1S/C18H17N5O5.C6H15N/c24-17-20-16-15(2-1-9-19-16)22(17)12-7-10-21(11-8-12)18(25)28-14-5-3-13(4-6-14)23(26)27;1-4-7(5-2)6-3/h1-6,9,12H,7-8,10-11H2,(H,19,20,24);4-6H2,1-3H3. The van der Waals surface area contributed by atoms with E-state index < -0.39 is 11.0 Å². The largest absolute Gasteiger partial charge is 0.415 e. The number of aromatic amines is 1. The quantitative estimate of drug-likeness (QED) is 0.416. The number of nitrogens with zero attached hydrogens (tertiary/aromatic N) is 5. The second kappa shape index (κ2) is 12.1. The SMILES string of the molecule is CCN(CC)CC.O=C(Oc1ccc([N+](=O)[O-])cc1)N1CCC(n2c(=O)[nH]c3ncccc32)CC1. The molecule has 1 saturated heterocycles. The third-order valence-corrected chi connectivity index (χ3v) is 6.17. The summed E-state index contributed by atoms with van der Waals surface area (Å²) in [7, 11) is 0. The lowest BCUT2D eigenvalue weighted by molar-refractivity contribution is -0.384. The predicted octanol–water partition coefficient (Wildman–Crippen LogP) is 3.82. The van der Waals surface area contributed by atoms with Crippen LogP contribution in [0, 0.1) is 10.1 Å². The lowest BCUT2D eigenvalue weighted by Crippen LogP contribution is -2.41. The Bertz CT molecular complexity index is 1170. The van der Waals surface area contributed by atoms with Crippen LogP contribution in [-0.4, -0.2) is 68.1 Å². The number of pyridine rings is 1. The van der Waals surface area contributed by atoms with Gasteiger partial charge in [0.25, 0.3) is 5.69 Å². The van der Waals surface area contributed by atoms with Crippen LogP contribution in [0.4, 0.5) is 10.5 Å². The van der Waals surface area contributed by atoms with E-state index in [0.29, 0.717) is 31.6 Å². The zero-order valence-electron chi connectivity index (χ0n) is 20.3. The molecule has 3 heterocycles. The topological polar surface area (TPSA) is 127 Å². The number of non-ortho nitro benzene ring substituents is 1. The number of amides is 1. The number of piperidine rings is 1. The molecule has 1 aliphatic heterocycles. The highest BCUT2D eigenvalue weighted by molar-refractivity contribution is 5.71. The fourth-order valence-electron chi connectivity index (χ4n) is 4.10. The maximum Gasteiger partial charge on any atom is 0.415 e. The summed E-state index contributed by atoms with van der Waals surface area (Å²) in [4.78, 5) is 45.6. The van der Waals surface area contributed by atoms with Crippen LogP contribution < -0.4 is 10.4 Å². The molecule has 1 N–H and O–H groups in total. The smallest absolute Gasteiger partial charge is 0.410 e. The highest BCUT2D eigenvalue weighted by Gasteiger charge is 2.27. The van der Waals surface area contributed by atoms with Gasteiger partial charge in [-0.1, -0.05) is 20.8 Å². The molecule has 1 fully saturated rings. The van der Waals surface area contributed by atoms with Crippen molar-refractivity contribution in [1.82, 2.24) is 24.3 Å². The van der Waals surface area contributed by atoms with Crippen molar-refractivity contribution in [2.45, 2.75) is 39.7 Å². The van der Waals surface area contributed by atoms with Crippen LogP contribution in [0.3, 0.4) is 0 Å². The first-order chi connectivity index (χ1) is 16.9. The number of rotatable bonds is 6. The van der Waals surface area contributed by atoms with Crippen LogP contribution >= 0.6 is 0 Å². The number of benzene rings is 1. The Hall–Kier alpha value is -3.73. The van der Waals surface area contributed by atoms with Gasteiger partial charge in [0, 0.05) is 37.5 Å². The number of H-pyrrole nitrogens is 1. The number of nitrogens with one attached hydrogen (secondary N) is 1. The second-order valence-corrected chi connectivity index (χ2v) is 8.13. The van der Waals surface area contributed by atoms with Crippen molar-refractivity contribution in [3.05, 3.63) is 63.2 Å². The van der Waals surface area contributed by atoms with Crippen LogP contribution in [-0.2, 0) is 0 Å². The Morgan fingerprint density at radius 2 is 1.77 bits per heavy atom. The van der Waals surface area contributed by atoms with E-state index in [4.69, 9.17) is 4.74 Å². The van der Waals surface area contributed by atoms with Crippen LogP contribution in [0.1, 0.15) is 39.7 Å². The molecule has 2 aromatic heterocycles. The molecule has 0 saturated carbocycles. The van der Waals surface area contributed by atoms with E-state index in [9.17, 15) is 19.7 Å². The highest BCUT2D eigenvalue weighted by atomic mass is 16.6. The number of hydrogen-bond acceptors (Lipinski definition) is 7. The van der Waals surface area contributed by atoms with Gasteiger partial charge >= 0.3 is 11.8 Å². The number of nitro groups is 1. The van der Waals surface area contributed by atoms with Crippen molar-refractivity contribution in [3.63, 3.8) is 0 Å². The first-order valence-electron chi connectivity index (χ1n) is 11.9. The maximum absolute atomic E-state index is 12.3. The molecular formula is C24H32N6O5. The fourth-order valence-corrected chi connectivity index (χ4v) is 4.10. The summed E-state index contributed by atoms with van der Waals surface area (Å²) in [5.74, 6) is 0.247. The van der Waals surface area contributed by atoms with E-state index in [0.717, 1.165) is 5.52 Å². The van der Waals surface area contributed by atoms with E-state index in [-0.39, 0.29) is 23.2 Å². The van der Waals surface area contributed by atoms with E-state index in [2.05, 4.69) is 35.6 Å². The number of fused-ring (bicyclic) bond motifs is 1. The lowest BCUT2D eigenvalue weighted by atomic mass is 10.1. The average Bonchev–Trinajstić information content (AvgIpc) is 3.21. The van der Waals surface area contributed by atoms with Crippen LogP contribution in [0.25, 0.3) is 11.2 Å². The number of hydrogen-bond donors (Lipinski definition) is 1. The van der Waals surface area contributed by atoms with Gasteiger partial charge in [-0.3, -0.25) is 19.7 Å². The van der Waals surface area contributed by atoms with E-state index in [1.165, 1.54) is 43.9 Å². The van der Waals surface area contributed by atoms with Gasteiger partial charge in [-0.2, -0.15) is 0 Å². The van der Waals surface area contributed by atoms with Gasteiger partial charge in [-0.15, -0.1) is 0 Å². The second-order valence-electron chi connectivity index (χ2n) is 8.13. The van der Waals surface area contributed by atoms with E-state index >= 15 is 0 Å². The van der Waals surface area contributed by atoms with Crippen molar-refractivity contribution in [1.29, 1.82) is 0 Å². The van der Waals surface area contributed by atoms with Gasteiger partial charge in [0.15, 0.2) is 5.65 Å².